The first-order chi connectivity index (χ1) is 10.5. The summed E-state index contributed by atoms with van der Waals surface area (Å²) in [5.41, 5.74) is 2.10. The van der Waals surface area contributed by atoms with Gasteiger partial charge in [0, 0.05) is 28.2 Å². The van der Waals surface area contributed by atoms with Gasteiger partial charge < -0.3 is 9.66 Å². The van der Waals surface area contributed by atoms with Crippen LogP contribution in [0.5, 0.6) is 0 Å². The topological polar surface area (TPSA) is 97.3 Å². The van der Waals surface area contributed by atoms with Crippen LogP contribution in [0.25, 0.3) is 0 Å². The Kier molecular flexibility index (Phi) is 4.94. The van der Waals surface area contributed by atoms with Crippen LogP contribution in [0.4, 0.5) is 10.5 Å². The molecule has 0 spiro atoms. The van der Waals surface area contributed by atoms with Crippen LogP contribution in [-0.2, 0) is 16.8 Å². The minimum Gasteiger partial charge on any atom is -0.598 e. The quantitative estimate of drug-likeness (QED) is 0.715. The molecule has 1 aliphatic rings. The number of nitrogens with zero attached hydrogens (tertiary/aromatic N) is 1. The Morgan fingerprint density at radius 1 is 1.43 bits per heavy atom. The fourth-order valence-electron chi connectivity index (χ4n) is 2.12. The number of hydrogen-bond donors (Lipinski definition) is 3. The van der Waals surface area contributed by atoms with Crippen molar-refractivity contribution in [3.8, 4) is 0 Å². The van der Waals surface area contributed by atoms with E-state index in [1.807, 2.05) is 27.7 Å². The first-order valence-electron chi connectivity index (χ1n) is 7.72. The van der Waals surface area contributed by atoms with Gasteiger partial charge in [0.1, 0.15) is 4.75 Å². The van der Waals surface area contributed by atoms with Crippen molar-refractivity contribution in [2.24, 2.45) is 0 Å². The molecule has 23 heavy (non-hydrogen) atoms. The maximum atomic E-state index is 12.3. The Morgan fingerprint density at radius 2 is 2.04 bits per heavy atom. The molecule has 128 valence electrons. The Labute approximate surface area is 140 Å². The number of carbonyl (C=O) groups is 1. The highest BCUT2D eigenvalue weighted by atomic mass is 32.2. The summed E-state index contributed by atoms with van der Waals surface area (Å²) in [6.45, 7) is 9.70. The lowest BCUT2D eigenvalue weighted by atomic mass is 10.0. The first-order valence-corrected chi connectivity index (χ1v) is 8.87. The molecule has 0 saturated heterocycles. The van der Waals surface area contributed by atoms with E-state index >= 15 is 0 Å². The van der Waals surface area contributed by atoms with Gasteiger partial charge in [-0.15, -0.1) is 4.72 Å². The second-order valence-corrected chi connectivity index (χ2v) is 9.38. The molecule has 0 aromatic carbocycles. The van der Waals surface area contributed by atoms with E-state index in [4.69, 9.17) is 5.11 Å². The molecule has 7 heteroatoms. The molecule has 1 aliphatic carbocycles. The molecule has 2 atom stereocenters. The van der Waals surface area contributed by atoms with Crippen LogP contribution in [0, 0.1) is 0 Å². The predicted octanol–water partition coefficient (Wildman–Crippen LogP) is 3.34. The van der Waals surface area contributed by atoms with Crippen molar-refractivity contribution >= 4 is 23.1 Å². The van der Waals surface area contributed by atoms with Gasteiger partial charge in [0.25, 0.3) is 0 Å². The van der Waals surface area contributed by atoms with Gasteiger partial charge in [-0.3, -0.25) is 10.3 Å². The molecule has 2 rings (SSSR count). The minimum atomic E-state index is -1.22. The lowest BCUT2D eigenvalue weighted by Gasteiger charge is -2.26. The fraction of sp³-hybridized carbons (Fsp3) is 0.625. The van der Waals surface area contributed by atoms with Gasteiger partial charge in [-0.05, 0) is 52.7 Å². The summed E-state index contributed by atoms with van der Waals surface area (Å²) in [5, 5.41) is 11.4. The maximum Gasteiger partial charge on any atom is 0.409 e. The maximum absolute atomic E-state index is 12.3. The molecule has 1 saturated carbocycles. The fourth-order valence-corrected chi connectivity index (χ4v) is 2.92. The highest BCUT2D eigenvalue weighted by Crippen LogP contribution is 2.47. The van der Waals surface area contributed by atoms with Crippen molar-refractivity contribution in [1.82, 2.24) is 9.71 Å². The average Bonchev–Trinajstić information content (AvgIpc) is 3.15. The first kappa shape index (κ1) is 18.0. The van der Waals surface area contributed by atoms with Crippen LogP contribution in [0.1, 0.15) is 64.9 Å². The normalized spacial score (nSPS) is 19.0. The van der Waals surface area contributed by atoms with Crippen molar-refractivity contribution in [2.75, 3.05) is 5.32 Å². The zero-order valence-corrected chi connectivity index (χ0v) is 15.1. The summed E-state index contributed by atoms with van der Waals surface area (Å²) in [6.07, 6.45) is 0.991. The number of pyridine rings is 1. The van der Waals surface area contributed by atoms with Gasteiger partial charge in [-0.1, -0.05) is 6.92 Å². The SMILES string of the molecule is CC(N[S+]([O-])C(C)(C)C)c1cc(NC(=O)O)cc(C2(C)CC2)n1. The molecule has 1 fully saturated rings. The van der Waals surface area contributed by atoms with Gasteiger partial charge in [0.15, 0.2) is 0 Å². The molecule has 1 aromatic heterocycles. The highest BCUT2D eigenvalue weighted by Gasteiger charge is 2.41. The third kappa shape index (κ3) is 4.59. The monoisotopic (exact) mass is 339 g/mol. The second-order valence-electron chi connectivity index (χ2n) is 7.38. The Hall–Kier alpha value is -1.31. The molecular formula is C16H25N3O3S. The van der Waals surface area contributed by atoms with Gasteiger partial charge in [0.2, 0.25) is 0 Å². The molecule has 1 heterocycles. The van der Waals surface area contributed by atoms with Crippen LogP contribution in [0.3, 0.4) is 0 Å². The predicted molar refractivity (Wildman–Crippen MR) is 91.9 cm³/mol. The van der Waals surface area contributed by atoms with E-state index in [0.717, 1.165) is 18.5 Å². The summed E-state index contributed by atoms with van der Waals surface area (Å²) < 4.78 is 14.9. The lowest BCUT2D eigenvalue weighted by molar-refractivity contribution is 0.209. The number of nitrogens with one attached hydrogen (secondary N) is 2. The number of aromatic nitrogens is 1. The summed E-state index contributed by atoms with van der Waals surface area (Å²) in [5.74, 6) is 0. The third-order valence-electron chi connectivity index (χ3n) is 4.00. The number of rotatable bonds is 5. The van der Waals surface area contributed by atoms with E-state index in [1.165, 1.54) is 0 Å². The Bertz CT molecular complexity index is 597. The number of amides is 1. The average molecular weight is 339 g/mol. The molecule has 6 nitrogen and oxygen atoms in total. The molecular weight excluding hydrogens is 314 g/mol. The van der Waals surface area contributed by atoms with Crippen molar-refractivity contribution in [3.05, 3.63) is 23.5 Å². The van der Waals surface area contributed by atoms with Gasteiger partial charge in [0.05, 0.1) is 11.7 Å². The third-order valence-corrected chi connectivity index (χ3v) is 5.68. The second kappa shape index (κ2) is 6.30. The summed E-state index contributed by atoms with van der Waals surface area (Å²) in [6, 6.07) is 3.24. The van der Waals surface area contributed by atoms with Crippen LogP contribution in [0.15, 0.2) is 12.1 Å². The summed E-state index contributed by atoms with van der Waals surface area (Å²) in [7, 11) is 0. The van der Waals surface area contributed by atoms with E-state index in [-0.39, 0.29) is 16.2 Å². The molecule has 1 aromatic rings. The number of hydrogen-bond acceptors (Lipinski definition) is 4. The summed E-state index contributed by atoms with van der Waals surface area (Å²) in [4.78, 5) is 15.6. The molecule has 1 amide bonds. The van der Waals surface area contributed by atoms with Gasteiger partial charge in [-0.2, -0.15) is 0 Å². The van der Waals surface area contributed by atoms with E-state index < -0.39 is 17.5 Å². The van der Waals surface area contributed by atoms with Crippen LogP contribution < -0.4 is 10.0 Å². The molecule has 2 unspecified atom stereocenters. The molecule has 0 aliphatic heterocycles. The zero-order chi connectivity index (χ0) is 17.4. The van der Waals surface area contributed by atoms with E-state index in [9.17, 15) is 9.35 Å². The zero-order valence-electron chi connectivity index (χ0n) is 14.3. The Morgan fingerprint density at radius 3 is 2.52 bits per heavy atom. The van der Waals surface area contributed by atoms with Crippen molar-refractivity contribution < 1.29 is 14.5 Å². The highest BCUT2D eigenvalue weighted by molar-refractivity contribution is 7.90. The minimum absolute atomic E-state index is 0.0217. The van der Waals surface area contributed by atoms with Crippen molar-refractivity contribution in [3.63, 3.8) is 0 Å². The standard InChI is InChI=1S/C16H25N3O3S/c1-10(19-23(22)15(2,3)4)12-8-11(17-14(20)21)9-13(18-12)16(5)6-7-16/h8-10,19H,6-7H2,1-5H3,(H,17,18)(H,20,21). The van der Waals surface area contributed by atoms with Crippen LogP contribution in [-0.4, -0.2) is 25.5 Å². The molecule has 0 bridgehead atoms. The van der Waals surface area contributed by atoms with Crippen molar-refractivity contribution in [2.45, 2.75) is 63.7 Å². The van der Waals surface area contributed by atoms with Crippen molar-refractivity contribution in [1.29, 1.82) is 0 Å². The smallest absolute Gasteiger partial charge is 0.409 e. The van der Waals surface area contributed by atoms with Gasteiger partial charge >= 0.3 is 6.09 Å². The Balaban J connectivity index is 2.27. The molecule has 3 N–H and O–H groups in total. The van der Waals surface area contributed by atoms with E-state index in [0.29, 0.717) is 11.4 Å². The lowest BCUT2D eigenvalue weighted by Crippen LogP contribution is -2.40. The summed E-state index contributed by atoms with van der Waals surface area (Å²) >= 11 is -1.22. The van der Waals surface area contributed by atoms with E-state index in [1.54, 1.807) is 12.1 Å². The number of carboxylic acid groups (broad SMARTS) is 1. The van der Waals surface area contributed by atoms with Gasteiger partial charge in [-0.25, -0.2) is 4.79 Å². The van der Waals surface area contributed by atoms with E-state index in [2.05, 4.69) is 21.9 Å². The largest absolute Gasteiger partial charge is 0.598 e. The van der Waals surface area contributed by atoms with Crippen LogP contribution >= 0.6 is 0 Å². The number of anilines is 1. The van der Waals surface area contributed by atoms with Crippen LogP contribution in [0.2, 0.25) is 0 Å². The molecule has 0 radical (unpaired) electrons.